The maximum atomic E-state index is 11.1. The third kappa shape index (κ3) is 3.36. The lowest BCUT2D eigenvalue weighted by Gasteiger charge is -2.28. The third-order valence-corrected chi connectivity index (χ3v) is 3.94. The summed E-state index contributed by atoms with van der Waals surface area (Å²) in [4.78, 5) is 18.3. The molecular weight excluding hydrogens is 282 g/mol. The highest BCUT2D eigenvalue weighted by Crippen LogP contribution is 2.34. The molecule has 6 nitrogen and oxygen atoms in total. The average Bonchev–Trinajstić information content (AvgIpc) is 2.37. The van der Waals surface area contributed by atoms with Crippen LogP contribution in [0, 0.1) is 23.0 Å². The van der Waals surface area contributed by atoms with Crippen molar-refractivity contribution in [2.24, 2.45) is 5.92 Å². The minimum Gasteiger partial charge on any atom is -0.469 e. The van der Waals surface area contributed by atoms with Gasteiger partial charge in [0.2, 0.25) is 5.28 Å². The van der Waals surface area contributed by atoms with Crippen molar-refractivity contribution >= 4 is 17.3 Å². The molecule has 1 saturated carbocycles. The molecule has 1 aromatic rings. The van der Waals surface area contributed by atoms with E-state index in [2.05, 4.69) is 16.9 Å². The highest BCUT2D eigenvalue weighted by molar-refractivity contribution is 6.28. The van der Waals surface area contributed by atoms with E-state index in [-0.39, 0.29) is 28.6 Å². The molecule has 1 aliphatic rings. The number of hydrogen-bond acceptors (Lipinski definition) is 5. The van der Waals surface area contributed by atoms with Gasteiger partial charge in [-0.1, -0.05) is 19.8 Å². The molecule has 1 aromatic heterocycles. The summed E-state index contributed by atoms with van der Waals surface area (Å²) in [5.74, 6) is 0.612. The predicted molar refractivity (Wildman–Crippen MR) is 75.1 cm³/mol. The molecule has 0 aliphatic heterocycles. The summed E-state index contributed by atoms with van der Waals surface area (Å²) in [6, 6.07) is 0. The van der Waals surface area contributed by atoms with E-state index in [0.717, 1.165) is 25.7 Å². The molecule has 2 unspecified atom stereocenters. The van der Waals surface area contributed by atoms with E-state index >= 15 is 0 Å². The molecule has 20 heavy (non-hydrogen) atoms. The van der Waals surface area contributed by atoms with E-state index in [9.17, 15) is 10.1 Å². The molecule has 0 radical (unpaired) electrons. The zero-order chi connectivity index (χ0) is 14.7. The van der Waals surface area contributed by atoms with E-state index < -0.39 is 4.92 Å². The van der Waals surface area contributed by atoms with Gasteiger partial charge in [0.15, 0.2) is 0 Å². The van der Waals surface area contributed by atoms with Crippen LogP contribution in [-0.4, -0.2) is 21.0 Å². The maximum Gasteiger partial charge on any atom is 0.352 e. The normalized spacial score (nSPS) is 22.6. The Kier molecular flexibility index (Phi) is 4.75. The van der Waals surface area contributed by atoms with Crippen LogP contribution in [0.3, 0.4) is 0 Å². The Morgan fingerprint density at radius 2 is 2.20 bits per heavy atom. The van der Waals surface area contributed by atoms with Crippen LogP contribution in [0.5, 0.6) is 5.88 Å². The van der Waals surface area contributed by atoms with Crippen molar-refractivity contribution < 1.29 is 9.66 Å². The van der Waals surface area contributed by atoms with Crippen molar-refractivity contribution in [1.29, 1.82) is 0 Å². The van der Waals surface area contributed by atoms with Crippen molar-refractivity contribution in [3.8, 4) is 5.88 Å². The number of halogens is 1. The Morgan fingerprint density at radius 3 is 2.85 bits per heavy atom. The van der Waals surface area contributed by atoms with Crippen molar-refractivity contribution in [2.45, 2.75) is 52.1 Å². The third-order valence-electron chi connectivity index (χ3n) is 3.77. The van der Waals surface area contributed by atoms with Crippen LogP contribution in [0.25, 0.3) is 0 Å². The van der Waals surface area contributed by atoms with Gasteiger partial charge in [0.05, 0.1) is 4.92 Å². The first-order valence-electron chi connectivity index (χ1n) is 6.86. The van der Waals surface area contributed by atoms with Gasteiger partial charge in [-0.25, -0.2) is 4.98 Å². The number of aromatic nitrogens is 2. The van der Waals surface area contributed by atoms with Gasteiger partial charge in [-0.05, 0) is 43.7 Å². The van der Waals surface area contributed by atoms with Gasteiger partial charge in [-0.15, -0.1) is 0 Å². The lowest BCUT2D eigenvalue weighted by Crippen LogP contribution is -2.26. The summed E-state index contributed by atoms with van der Waals surface area (Å²) in [7, 11) is 0. The fraction of sp³-hybridized carbons (Fsp3) is 0.692. The molecule has 7 heteroatoms. The molecule has 2 atom stereocenters. The maximum absolute atomic E-state index is 11.1. The number of ether oxygens (including phenoxy) is 1. The molecule has 0 spiro atoms. The van der Waals surface area contributed by atoms with Crippen molar-refractivity contribution in [3.05, 3.63) is 21.1 Å². The molecule has 0 bridgehead atoms. The van der Waals surface area contributed by atoms with Crippen LogP contribution in [0.15, 0.2) is 0 Å². The summed E-state index contributed by atoms with van der Waals surface area (Å²) in [5, 5.41) is 11.1. The zero-order valence-corrected chi connectivity index (χ0v) is 12.4. The predicted octanol–water partition coefficient (Wildman–Crippen LogP) is 3.69. The van der Waals surface area contributed by atoms with Crippen LogP contribution in [0.2, 0.25) is 5.28 Å². The molecule has 0 saturated heterocycles. The molecule has 0 N–H and O–H groups in total. The highest BCUT2D eigenvalue weighted by Gasteiger charge is 2.28. The van der Waals surface area contributed by atoms with E-state index in [0.29, 0.717) is 5.92 Å². The first-order valence-corrected chi connectivity index (χ1v) is 7.24. The molecule has 0 aromatic carbocycles. The summed E-state index contributed by atoms with van der Waals surface area (Å²) in [6.07, 6.45) is 5.16. The van der Waals surface area contributed by atoms with Gasteiger partial charge in [0.1, 0.15) is 11.8 Å². The molecule has 0 amide bonds. The van der Waals surface area contributed by atoms with Gasteiger partial charge in [0, 0.05) is 0 Å². The molecule has 1 heterocycles. The second-order valence-corrected chi connectivity index (χ2v) is 5.51. The molecule has 1 aliphatic carbocycles. The van der Waals surface area contributed by atoms with Gasteiger partial charge in [0.25, 0.3) is 5.88 Å². The Labute approximate surface area is 122 Å². The van der Waals surface area contributed by atoms with Crippen LogP contribution in [0.4, 0.5) is 5.69 Å². The number of nitro groups is 1. The van der Waals surface area contributed by atoms with Gasteiger partial charge < -0.3 is 4.74 Å². The molecule has 110 valence electrons. The van der Waals surface area contributed by atoms with Gasteiger partial charge >= 0.3 is 5.69 Å². The lowest BCUT2D eigenvalue weighted by atomic mass is 9.85. The van der Waals surface area contributed by atoms with E-state index in [1.165, 1.54) is 13.3 Å². The second-order valence-electron chi connectivity index (χ2n) is 5.17. The van der Waals surface area contributed by atoms with Crippen LogP contribution < -0.4 is 4.74 Å². The van der Waals surface area contributed by atoms with E-state index in [1.54, 1.807) is 0 Å². The lowest BCUT2D eigenvalue weighted by molar-refractivity contribution is -0.387. The van der Waals surface area contributed by atoms with Crippen LogP contribution >= 0.6 is 11.6 Å². The molecule has 1 fully saturated rings. The molecular formula is C13H18ClN3O3. The highest BCUT2D eigenvalue weighted by atomic mass is 35.5. The monoisotopic (exact) mass is 299 g/mol. The summed E-state index contributed by atoms with van der Waals surface area (Å²) in [5.41, 5.74) is 0.0425. The quantitative estimate of drug-likeness (QED) is 0.481. The minimum atomic E-state index is -0.513. The molecule has 2 rings (SSSR count). The summed E-state index contributed by atoms with van der Waals surface area (Å²) in [6.45, 7) is 3.69. The Balaban J connectivity index is 2.22. The fourth-order valence-electron chi connectivity index (χ4n) is 2.68. The second kappa shape index (κ2) is 6.35. The zero-order valence-electron chi connectivity index (χ0n) is 11.6. The number of aryl methyl sites for hydroxylation is 1. The SMILES string of the molecule is CCC1CCCC(Oc2nc(Cl)nc(C)c2[N+](=O)[O-])C1. The van der Waals surface area contributed by atoms with Crippen LogP contribution in [-0.2, 0) is 0 Å². The van der Waals surface area contributed by atoms with Crippen molar-refractivity contribution in [1.82, 2.24) is 9.97 Å². The fourth-order valence-corrected chi connectivity index (χ4v) is 2.88. The number of hydrogen-bond donors (Lipinski definition) is 0. The first kappa shape index (κ1) is 15.0. The van der Waals surface area contributed by atoms with Crippen LogP contribution in [0.1, 0.15) is 44.7 Å². The number of rotatable bonds is 4. The largest absolute Gasteiger partial charge is 0.469 e. The van der Waals surface area contributed by atoms with Gasteiger partial charge in [-0.2, -0.15) is 4.98 Å². The standard InChI is InChI=1S/C13H18ClN3O3/c1-3-9-5-4-6-10(7-9)20-12-11(17(18)19)8(2)15-13(14)16-12/h9-10H,3-7H2,1-2H3. The van der Waals surface area contributed by atoms with Gasteiger partial charge in [-0.3, -0.25) is 10.1 Å². The topological polar surface area (TPSA) is 78.2 Å². The average molecular weight is 300 g/mol. The minimum absolute atomic E-state index is 0.00532. The summed E-state index contributed by atoms with van der Waals surface area (Å²) < 4.78 is 5.76. The Bertz CT molecular complexity index is 510. The Morgan fingerprint density at radius 1 is 1.45 bits per heavy atom. The van der Waals surface area contributed by atoms with Crippen molar-refractivity contribution in [3.63, 3.8) is 0 Å². The number of nitrogens with zero attached hydrogens (tertiary/aromatic N) is 3. The first-order chi connectivity index (χ1) is 9.51. The Hall–Kier alpha value is -1.43. The van der Waals surface area contributed by atoms with E-state index in [4.69, 9.17) is 16.3 Å². The van der Waals surface area contributed by atoms with Crippen molar-refractivity contribution in [2.75, 3.05) is 0 Å². The summed E-state index contributed by atoms with van der Waals surface area (Å²) >= 11 is 5.78. The van der Waals surface area contributed by atoms with E-state index in [1.807, 2.05) is 0 Å². The smallest absolute Gasteiger partial charge is 0.352 e.